The van der Waals surface area contributed by atoms with E-state index in [-0.39, 0.29) is 23.0 Å². The van der Waals surface area contributed by atoms with Crippen LogP contribution < -0.4 is 9.62 Å². The molecule has 0 heterocycles. The predicted octanol–water partition coefficient (Wildman–Crippen LogP) is 6.48. The minimum Gasteiger partial charge on any atom is -0.354 e. The summed E-state index contributed by atoms with van der Waals surface area (Å²) < 4.78 is 28.8. The van der Waals surface area contributed by atoms with Crippen LogP contribution in [0.2, 0.25) is 15.1 Å². The van der Waals surface area contributed by atoms with E-state index < -0.39 is 28.5 Å². The second-order valence-electron chi connectivity index (χ2n) is 9.25. The van der Waals surface area contributed by atoms with Crippen molar-refractivity contribution in [2.24, 2.45) is 0 Å². The standard InChI is InChI=1S/C29H32Cl3N3O4S/c1-4-5-17-33-29(37)21(3)34(18-23-25(31)14-9-15-26(23)32)28(36)19-35(27-16-10-13-24(30)20(27)2)40(38,39)22-11-7-6-8-12-22/h6-16,21H,4-5,17-19H2,1-3H3,(H,33,37)/t21-/m1/s1. The highest BCUT2D eigenvalue weighted by molar-refractivity contribution is 7.92. The summed E-state index contributed by atoms with van der Waals surface area (Å²) in [5.41, 5.74) is 1.19. The highest BCUT2D eigenvalue weighted by Crippen LogP contribution is 2.32. The predicted molar refractivity (Wildman–Crippen MR) is 162 cm³/mol. The summed E-state index contributed by atoms with van der Waals surface area (Å²) >= 11 is 19.2. The number of halogens is 3. The lowest BCUT2D eigenvalue weighted by Gasteiger charge is -2.33. The van der Waals surface area contributed by atoms with Crippen molar-refractivity contribution < 1.29 is 18.0 Å². The molecule has 1 N–H and O–H groups in total. The molecular weight excluding hydrogens is 593 g/mol. The number of carbonyl (C=O) groups excluding carboxylic acids is 2. The van der Waals surface area contributed by atoms with Gasteiger partial charge < -0.3 is 10.2 Å². The monoisotopic (exact) mass is 623 g/mol. The van der Waals surface area contributed by atoms with Gasteiger partial charge in [0.2, 0.25) is 11.8 Å². The molecular formula is C29H32Cl3N3O4S. The fourth-order valence-corrected chi connectivity index (χ4v) is 6.25. The molecule has 3 aromatic carbocycles. The SMILES string of the molecule is CCCCNC(=O)[C@@H](C)N(Cc1c(Cl)cccc1Cl)C(=O)CN(c1cccc(Cl)c1C)S(=O)(=O)c1ccccc1. The van der Waals surface area contributed by atoms with E-state index in [1.807, 2.05) is 6.92 Å². The van der Waals surface area contributed by atoms with Gasteiger partial charge in [0.05, 0.1) is 10.6 Å². The lowest BCUT2D eigenvalue weighted by Crippen LogP contribution is -2.51. The molecule has 0 aliphatic rings. The topological polar surface area (TPSA) is 86.8 Å². The zero-order valence-electron chi connectivity index (χ0n) is 22.5. The second-order valence-corrected chi connectivity index (χ2v) is 12.3. The van der Waals surface area contributed by atoms with Gasteiger partial charge in [0.1, 0.15) is 12.6 Å². The molecule has 0 fully saturated rings. The number of benzene rings is 3. The number of anilines is 1. The average molecular weight is 625 g/mol. The van der Waals surface area contributed by atoms with Crippen molar-refractivity contribution in [3.05, 3.63) is 92.9 Å². The van der Waals surface area contributed by atoms with Crippen molar-refractivity contribution in [2.45, 2.75) is 51.1 Å². The molecule has 0 aromatic heterocycles. The van der Waals surface area contributed by atoms with E-state index in [1.165, 1.54) is 17.0 Å². The first-order chi connectivity index (χ1) is 19.0. The quantitative estimate of drug-likeness (QED) is 0.234. The molecule has 214 valence electrons. The van der Waals surface area contributed by atoms with Gasteiger partial charge in [-0.1, -0.05) is 78.5 Å². The maximum atomic E-state index is 14.0. The van der Waals surface area contributed by atoms with Gasteiger partial charge in [-0.05, 0) is 62.2 Å². The van der Waals surface area contributed by atoms with Crippen LogP contribution >= 0.6 is 34.8 Å². The molecule has 3 aromatic rings. The van der Waals surface area contributed by atoms with Gasteiger partial charge in [0.25, 0.3) is 10.0 Å². The Labute approximate surface area is 251 Å². The Hall–Kier alpha value is -2.78. The van der Waals surface area contributed by atoms with Crippen LogP contribution in [0.25, 0.3) is 0 Å². The van der Waals surface area contributed by atoms with Crippen LogP contribution in [0.15, 0.2) is 71.6 Å². The number of rotatable bonds is 12. The number of nitrogens with zero attached hydrogens (tertiary/aromatic N) is 2. The van der Waals surface area contributed by atoms with E-state index in [0.717, 1.165) is 17.1 Å². The summed E-state index contributed by atoms with van der Waals surface area (Å²) in [6, 6.07) is 16.7. The Morgan fingerprint density at radius 2 is 1.50 bits per heavy atom. The van der Waals surface area contributed by atoms with Crippen molar-refractivity contribution >= 4 is 62.3 Å². The molecule has 7 nitrogen and oxygen atoms in total. The Kier molecular flexibility index (Phi) is 11.3. The minimum atomic E-state index is -4.20. The van der Waals surface area contributed by atoms with E-state index in [2.05, 4.69) is 5.32 Å². The molecule has 0 aliphatic heterocycles. The van der Waals surface area contributed by atoms with Crippen LogP contribution in [-0.2, 0) is 26.2 Å². The molecule has 0 saturated carbocycles. The van der Waals surface area contributed by atoms with E-state index in [4.69, 9.17) is 34.8 Å². The van der Waals surface area contributed by atoms with Crippen molar-refractivity contribution in [2.75, 3.05) is 17.4 Å². The third-order valence-electron chi connectivity index (χ3n) is 6.50. The smallest absolute Gasteiger partial charge is 0.264 e. The normalized spacial score (nSPS) is 12.1. The molecule has 0 spiro atoms. The summed E-state index contributed by atoms with van der Waals surface area (Å²) in [5.74, 6) is -0.991. The third kappa shape index (κ3) is 7.49. The van der Waals surface area contributed by atoms with Crippen LogP contribution in [-0.4, -0.2) is 44.3 Å². The number of hydrogen-bond donors (Lipinski definition) is 1. The lowest BCUT2D eigenvalue weighted by atomic mass is 10.1. The summed E-state index contributed by atoms with van der Waals surface area (Å²) in [5, 5.41) is 3.84. The Morgan fingerprint density at radius 3 is 2.12 bits per heavy atom. The fraction of sp³-hybridized carbons (Fsp3) is 0.310. The number of unbranched alkanes of at least 4 members (excludes halogenated alkanes) is 1. The Morgan fingerprint density at radius 1 is 0.900 bits per heavy atom. The maximum Gasteiger partial charge on any atom is 0.264 e. The third-order valence-corrected chi connectivity index (χ3v) is 9.40. The first-order valence-electron chi connectivity index (χ1n) is 12.8. The van der Waals surface area contributed by atoms with Gasteiger partial charge in [-0.2, -0.15) is 0 Å². The van der Waals surface area contributed by atoms with Crippen LogP contribution in [0.3, 0.4) is 0 Å². The summed E-state index contributed by atoms with van der Waals surface area (Å²) in [6.07, 6.45) is 1.66. The summed E-state index contributed by atoms with van der Waals surface area (Å²) in [7, 11) is -4.20. The van der Waals surface area contributed by atoms with Crippen molar-refractivity contribution in [1.29, 1.82) is 0 Å². The van der Waals surface area contributed by atoms with Crippen LogP contribution in [0.5, 0.6) is 0 Å². The largest absolute Gasteiger partial charge is 0.354 e. The first-order valence-corrected chi connectivity index (χ1v) is 15.4. The molecule has 11 heteroatoms. The average Bonchev–Trinajstić information content (AvgIpc) is 2.93. The van der Waals surface area contributed by atoms with Crippen LogP contribution in [0.4, 0.5) is 5.69 Å². The number of carbonyl (C=O) groups is 2. The van der Waals surface area contributed by atoms with E-state index >= 15 is 0 Å². The maximum absolute atomic E-state index is 14.0. The molecule has 0 unspecified atom stereocenters. The Bertz CT molecular complexity index is 1430. The molecule has 3 rings (SSSR count). The molecule has 0 radical (unpaired) electrons. The zero-order valence-corrected chi connectivity index (χ0v) is 25.6. The van der Waals surface area contributed by atoms with Gasteiger partial charge in [-0.3, -0.25) is 13.9 Å². The van der Waals surface area contributed by atoms with Gasteiger partial charge in [0, 0.05) is 33.7 Å². The highest BCUT2D eigenvalue weighted by Gasteiger charge is 2.33. The second kappa shape index (κ2) is 14.2. The van der Waals surface area contributed by atoms with E-state index in [9.17, 15) is 18.0 Å². The van der Waals surface area contributed by atoms with E-state index in [0.29, 0.717) is 32.7 Å². The first kappa shape index (κ1) is 31.7. The number of amides is 2. The van der Waals surface area contributed by atoms with E-state index in [1.54, 1.807) is 68.4 Å². The number of hydrogen-bond acceptors (Lipinski definition) is 4. The van der Waals surface area contributed by atoms with Crippen molar-refractivity contribution in [3.8, 4) is 0 Å². The molecule has 40 heavy (non-hydrogen) atoms. The lowest BCUT2D eigenvalue weighted by molar-refractivity contribution is -0.139. The molecule has 1 atom stereocenters. The minimum absolute atomic E-state index is 0.00762. The molecule has 0 bridgehead atoms. The molecule has 0 aliphatic carbocycles. The number of nitrogens with one attached hydrogen (secondary N) is 1. The summed E-state index contributed by atoms with van der Waals surface area (Å²) in [4.78, 5) is 28.4. The molecule has 2 amide bonds. The fourth-order valence-electron chi connectivity index (χ4n) is 4.07. The number of sulfonamides is 1. The molecule has 0 saturated heterocycles. The van der Waals surface area contributed by atoms with Gasteiger partial charge in [-0.25, -0.2) is 8.42 Å². The van der Waals surface area contributed by atoms with Crippen LogP contribution in [0, 0.1) is 6.92 Å². The van der Waals surface area contributed by atoms with Crippen LogP contribution in [0.1, 0.15) is 37.8 Å². The van der Waals surface area contributed by atoms with Crippen molar-refractivity contribution in [1.82, 2.24) is 10.2 Å². The zero-order chi connectivity index (χ0) is 29.4. The Balaban J connectivity index is 2.07. The highest BCUT2D eigenvalue weighted by atomic mass is 35.5. The van der Waals surface area contributed by atoms with Crippen molar-refractivity contribution in [3.63, 3.8) is 0 Å². The summed E-state index contributed by atoms with van der Waals surface area (Å²) in [6.45, 7) is 5.03. The van der Waals surface area contributed by atoms with Gasteiger partial charge in [0.15, 0.2) is 0 Å². The van der Waals surface area contributed by atoms with Gasteiger partial charge >= 0.3 is 0 Å². The van der Waals surface area contributed by atoms with Gasteiger partial charge in [-0.15, -0.1) is 0 Å².